The van der Waals surface area contributed by atoms with Crippen LogP contribution in [0.15, 0.2) is 54.9 Å². The number of fused-ring (bicyclic) bond motifs is 1. The molecule has 0 radical (unpaired) electrons. The van der Waals surface area contributed by atoms with Crippen LogP contribution in [0.3, 0.4) is 0 Å². The summed E-state index contributed by atoms with van der Waals surface area (Å²) < 4.78 is 5.87. The maximum absolute atomic E-state index is 12.4. The summed E-state index contributed by atoms with van der Waals surface area (Å²) in [5.74, 6) is 0.234. The second kappa shape index (κ2) is 6.45. The highest BCUT2D eigenvalue weighted by Gasteiger charge is 2.29. The van der Waals surface area contributed by atoms with Crippen molar-refractivity contribution in [3.05, 3.63) is 66.0 Å². The van der Waals surface area contributed by atoms with Crippen molar-refractivity contribution in [1.29, 1.82) is 0 Å². The second-order valence-corrected chi connectivity index (χ2v) is 6.10. The number of carbonyl (C=O) groups is 1. The number of ether oxygens (including phenoxy) is 1. The Hall–Kier alpha value is -2.66. The van der Waals surface area contributed by atoms with Crippen LogP contribution in [0, 0.1) is 5.92 Å². The summed E-state index contributed by atoms with van der Waals surface area (Å²) >= 11 is 0. The van der Waals surface area contributed by atoms with Gasteiger partial charge in [0.05, 0.1) is 23.5 Å². The molecule has 5 heteroatoms. The van der Waals surface area contributed by atoms with Gasteiger partial charge in [-0.15, -0.1) is 0 Å². The minimum atomic E-state index is -0.0646. The molecule has 2 aromatic carbocycles. The summed E-state index contributed by atoms with van der Waals surface area (Å²) in [6.07, 6.45) is 2.65. The van der Waals surface area contributed by atoms with Gasteiger partial charge in [0.2, 0.25) is 0 Å². The van der Waals surface area contributed by atoms with Crippen LogP contribution in [0.1, 0.15) is 28.4 Å². The number of benzene rings is 2. The summed E-state index contributed by atoms with van der Waals surface area (Å²) in [7, 11) is 0. The van der Waals surface area contributed by atoms with E-state index in [9.17, 15) is 4.79 Å². The van der Waals surface area contributed by atoms with Crippen LogP contribution in [0.25, 0.3) is 11.0 Å². The first-order valence-electron chi connectivity index (χ1n) is 8.19. The molecule has 0 bridgehead atoms. The molecule has 3 aromatic rings. The Bertz CT molecular complexity index is 844. The SMILES string of the molecule is O=C(NC[C@H]1CCO[C@@H]1c1ccccc1)c1ccc2nc[nH]c2c1. The summed E-state index contributed by atoms with van der Waals surface area (Å²) in [6, 6.07) is 15.7. The molecule has 5 nitrogen and oxygen atoms in total. The van der Waals surface area contributed by atoms with Crippen LogP contribution in [0.2, 0.25) is 0 Å². The van der Waals surface area contributed by atoms with Crippen LogP contribution >= 0.6 is 0 Å². The van der Waals surface area contributed by atoms with Gasteiger partial charge in [-0.25, -0.2) is 4.98 Å². The Morgan fingerprint density at radius 2 is 2.12 bits per heavy atom. The van der Waals surface area contributed by atoms with E-state index in [1.165, 1.54) is 5.56 Å². The number of imidazole rings is 1. The van der Waals surface area contributed by atoms with Gasteiger partial charge in [-0.2, -0.15) is 0 Å². The van der Waals surface area contributed by atoms with Crippen molar-refractivity contribution in [3.8, 4) is 0 Å². The lowest BCUT2D eigenvalue weighted by atomic mass is 9.95. The fourth-order valence-corrected chi connectivity index (χ4v) is 3.26. The van der Waals surface area contributed by atoms with Crippen molar-refractivity contribution >= 4 is 16.9 Å². The first-order chi connectivity index (χ1) is 11.8. The first kappa shape index (κ1) is 14.9. The lowest BCUT2D eigenvalue weighted by Crippen LogP contribution is -2.30. The average molecular weight is 321 g/mol. The van der Waals surface area contributed by atoms with Crippen molar-refractivity contribution < 1.29 is 9.53 Å². The van der Waals surface area contributed by atoms with Gasteiger partial charge in [0.1, 0.15) is 0 Å². The molecule has 0 unspecified atom stereocenters. The van der Waals surface area contributed by atoms with Crippen molar-refractivity contribution in [2.75, 3.05) is 13.2 Å². The minimum Gasteiger partial charge on any atom is -0.373 e. The maximum Gasteiger partial charge on any atom is 0.251 e. The number of hydrogen-bond donors (Lipinski definition) is 2. The van der Waals surface area contributed by atoms with Crippen molar-refractivity contribution in [3.63, 3.8) is 0 Å². The van der Waals surface area contributed by atoms with Gasteiger partial charge in [0.25, 0.3) is 5.91 Å². The van der Waals surface area contributed by atoms with Gasteiger partial charge in [-0.3, -0.25) is 4.79 Å². The maximum atomic E-state index is 12.4. The molecule has 1 amide bonds. The first-order valence-corrected chi connectivity index (χ1v) is 8.19. The Kier molecular flexibility index (Phi) is 4.01. The molecule has 0 spiro atoms. The smallest absolute Gasteiger partial charge is 0.251 e. The monoisotopic (exact) mass is 321 g/mol. The van der Waals surface area contributed by atoms with E-state index in [0.29, 0.717) is 18.0 Å². The molecule has 0 aliphatic carbocycles. The number of hydrogen-bond acceptors (Lipinski definition) is 3. The Balaban J connectivity index is 1.43. The Labute approximate surface area is 140 Å². The van der Waals surface area contributed by atoms with Gasteiger partial charge in [-0.05, 0) is 30.2 Å². The summed E-state index contributed by atoms with van der Waals surface area (Å²) in [5.41, 5.74) is 3.55. The fraction of sp³-hybridized carbons (Fsp3) is 0.263. The average Bonchev–Trinajstić information content (AvgIpc) is 3.28. The van der Waals surface area contributed by atoms with Gasteiger partial charge in [0, 0.05) is 24.6 Å². The number of nitrogens with one attached hydrogen (secondary N) is 2. The molecule has 1 aromatic heterocycles. The number of nitrogens with zero attached hydrogens (tertiary/aromatic N) is 1. The van der Waals surface area contributed by atoms with E-state index in [2.05, 4.69) is 27.4 Å². The third-order valence-electron chi connectivity index (χ3n) is 4.55. The quantitative estimate of drug-likeness (QED) is 0.776. The van der Waals surface area contributed by atoms with Gasteiger partial charge in [-0.1, -0.05) is 30.3 Å². The van der Waals surface area contributed by atoms with E-state index in [1.54, 1.807) is 12.4 Å². The molecule has 1 fully saturated rings. The van der Waals surface area contributed by atoms with E-state index >= 15 is 0 Å². The molecule has 1 saturated heterocycles. The fourth-order valence-electron chi connectivity index (χ4n) is 3.26. The molecule has 4 rings (SSSR count). The van der Waals surface area contributed by atoms with Crippen LogP contribution < -0.4 is 5.32 Å². The van der Waals surface area contributed by atoms with E-state index in [1.807, 2.05) is 30.3 Å². The highest BCUT2D eigenvalue weighted by Crippen LogP contribution is 2.33. The molecule has 2 atom stereocenters. The van der Waals surface area contributed by atoms with Crippen LogP contribution in [-0.2, 0) is 4.74 Å². The number of aromatic amines is 1. The summed E-state index contributed by atoms with van der Waals surface area (Å²) in [5, 5.41) is 3.04. The van der Waals surface area contributed by atoms with E-state index in [4.69, 9.17) is 4.74 Å². The molecular weight excluding hydrogens is 302 g/mol. The zero-order valence-corrected chi connectivity index (χ0v) is 13.2. The minimum absolute atomic E-state index is 0.0570. The number of rotatable bonds is 4. The van der Waals surface area contributed by atoms with E-state index in [0.717, 1.165) is 24.1 Å². The standard InChI is InChI=1S/C19H19N3O2/c23-19(14-6-7-16-17(10-14)22-12-21-16)20-11-15-8-9-24-18(15)13-4-2-1-3-5-13/h1-7,10,12,15,18H,8-9,11H2,(H,20,23)(H,21,22)/t15-,18-/m1/s1. The van der Waals surface area contributed by atoms with Crippen LogP contribution in [0.4, 0.5) is 0 Å². The predicted octanol–water partition coefficient (Wildman–Crippen LogP) is 3.07. The largest absolute Gasteiger partial charge is 0.373 e. The van der Waals surface area contributed by atoms with Crippen molar-refractivity contribution in [2.24, 2.45) is 5.92 Å². The highest BCUT2D eigenvalue weighted by atomic mass is 16.5. The molecule has 0 saturated carbocycles. The Morgan fingerprint density at radius 3 is 3.00 bits per heavy atom. The molecule has 2 N–H and O–H groups in total. The summed E-state index contributed by atoms with van der Waals surface area (Å²) in [4.78, 5) is 19.6. The second-order valence-electron chi connectivity index (χ2n) is 6.10. The number of H-pyrrole nitrogens is 1. The normalized spacial score (nSPS) is 20.3. The molecular formula is C19H19N3O2. The Morgan fingerprint density at radius 1 is 1.25 bits per heavy atom. The third kappa shape index (κ3) is 2.90. The van der Waals surface area contributed by atoms with Crippen molar-refractivity contribution in [1.82, 2.24) is 15.3 Å². The van der Waals surface area contributed by atoms with Gasteiger partial charge >= 0.3 is 0 Å². The van der Waals surface area contributed by atoms with E-state index < -0.39 is 0 Å². The number of carbonyl (C=O) groups excluding carboxylic acids is 1. The topological polar surface area (TPSA) is 67.0 Å². The van der Waals surface area contributed by atoms with E-state index in [-0.39, 0.29) is 12.0 Å². The van der Waals surface area contributed by atoms with Gasteiger partial charge in [0.15, 0.2) is 0 Å². The number of aromatic nitrogens is 2. The molecule has 1 aliphatic rings. The third-order valence-corrected chi connectivity index (χ3v) is 4.55. The van der Waals surface area contributed by atoms with Crippen molar-refractivity contribution in [2.45, 2.75) is 12.5 Å². The van der Waals surface area contributed by atoms with Crippen LogP contribution in [-0.4, -0.2) is 29.0 Å². The summed E-state index contributed by atoms with van der Waals surface area (Å²) in [6.45, 7) is 1.35. The lowest BCUT2D eigenvalue weighted by molar-refractivity contribution is 0.0846. The zero-order chi connectivity index (χ0) is 16.4. The zero-order valence-electron chi connectivity index (χ0n) is 13.2. The highest BCUT2D eigenvalue weighted by molar-refractivity contribution is 5.97. The molecule has 2 heterocycles. The number of amides is 1. The molecule has 1 aliphatic heterocycles. The lowest BCUT2D eigenvalue weighted by Gasteiger charge is -2.19. The predicted molar refractivity (Wildman–Crippen MR) is 91.7 cm³/mol. The molecule has 24 heavy (non-hydrogen) atoms. The molecule has 122 valence electrons. The van der Waals surface area contributed by atoms with Crippen LogP contribution in [0.5, 0.6) is 0 Å². The van der Waals surface area contributed by atoms with Gasteiger partial charge < -0.3 is 15.0 Å².